The van der Waals surface area contributed by atoms with Gasteiger partial charge in [0.2, 0.25) is 0 Å². The number of benzene rings is 2. The Hall–Kier alpha value is -2.54. The molecule has 1 nitrogen and oxygen atoms in total. The lowest BCUT2D eigenvalue weighted by Gasteiger charge is -2.10. The molecule has 0 atom stereocenters. The van der Waals surface area contributed by atoms with Crippen molar-refractivity contribution in [1.29, 1.82) is 0 Å². The van der Waals surface area contributed by atoms with E-state index >= 15 is 0 Å². The van der Waals surface area contributed by atoms with Crippen LogP contribution in [-0.4, -0.2) is 7.05 Å². The molecule has 0 saturated heterocycles. The molecule has 2 aromatic carbocycles. The van der Waals surface area contributed by atoms with Crippen molar-refractivity contribution in [2.45, 2.75) is 20.3 Å². The van der Waals surface area contributed by atoms with Gasteiger partial charge in [-0.15, -0.1) is 0 Å². The first kappa shape index (κ1) is 16.8. The third-order valence-corrected chi connectivity index (χ3v) is 3.90. The lowest BCUT2D eigenvalue weighted by atomic mass is 9.95. The van der Waals surface area contributed by atoms with Gasteiger partial charge in [0, 0.05) is 13.2 Å². The molecule has 2 aromatic rings. The fraction of sp³-hybridized carbons (Fsp3) is 0.182. The van der Waals surface area contributed by atoms with Gasteiger partial charge in [-0.3, -0.25) is 0 Å². The first-order chi connectivity index (χ1) is 11.2. The van der Waals surface area contributed by atoms with E-state index in [-0.39, 0.29) is 0 Å². The molecular formula is C22H25N. The minimum Gasteiger partial charge on any atom is -0.393 e. The van der Waals surface area contributed by atoms with Gasteiger partial charge in [-0.25, -0.2) is 0 Å². The van der Waals surface area contributed by atoms with Crippen LogP contribution in [0.4, 0.5) is 0 Å². The van der Waals surface area contributed by atoms with Crippen LogP contribution >= 0.6 is 0 Å². The molecule has 1 N–H and O–H groups in total. The Labute approximate surface area is 140 Å². The Morgan fingerprint density at radius 3 is 2.52 bits per heavy atom. The van der Waals surface area contributed by atoms with Gasteiger partial charge in [-0.1, -0.05) is 72.8 Å². The molecular weight excluding hydrogens is 278 g/mol. The van der Waals surface area contributed by atoms with E-state index in [0.29, 0.717) is 0 Å². The second-order valence-corrected chi connectivity index (χ2v) is 5.71. The van der Waals surface area contributed by atoms with Crippen molar-refractivity contribution in [3.05, 3.63) is 95.2 Å². The van der Waals surface area contributed by atoms with Crippen LogP contribution in [0.5, 0.6) is 0 Å². The molecule has 0 unspecified atom stereocenters. The third kappa shape index (κ3) is 4.46. The quantitative estimate of drug-likeness (QED) is 0.713. The van der Waals surface area contributed by atoms with Crippen molar-refractivity contribution >= 4 is 11.6 Å². The van der Waals surface area contributed by atoms with Gasteiger partial charge in [-0.2, -0.15) is 0 Å². The molecule has 23 heavy (non-hydrogen) atoms. The zero-order valence-corrected chi connectivity index (χ0v) is 14.3. The molecule has 0 aliphatic heterocycles. The number of hydrogen-bond acceptors (Lipinski definition) is 1. The predicted octanol–water partition coefficient (Wildman–Crippen LogP) is 5.31. The van der Waals surface area contributed by atoms with Crippen LogP contribution < -0.4 is 5.32 Å². The van der Waals surface area contributed by atoms with Crippen LogP contribution in [0, 0.1) is 13.8 Å². The highest BCUT2D eigenvalue weighted by atomic mass is 14.8. The Bertz CT molecular complexity index is 721. The second-order valence-electron chi connectivity index (χ2n) is 5.71. The average Bonchev–Trinajstić information content (AvgIpc) is 2.56. The molecule has 0 spiro atoms. The molecule has 1 heteroatoms. The van der Waals surface area contributed by atoms with Crippen LogP contribution in [0.15, 0.2) is 67.4 Å². The number of hydrogen-bond donors (Lipinski definition) is 1. The summed E-state index contributed by atoms with van der Waals surface area (Å²) in [6.45, 7) is 8.25. The highest BCUT2D eigenvalue weighted by Crippen LogP contribution is 2.20. The van der Waals surface area contributed by atoms with Gasteiger partial charge < -0.3 is 5.32 Å². The second kappa shape index (κ2) is 8.19. The molecule has 0 aliphatic rings. The van der Waals surface area contributed by atoms with Gasteiger partial charge in [0.05, 0.1) is 0 Å². The van der Waals surface area contributed by atoms with Gasteiger partial charge in [-0.05, 0) is 48.1 Å². The molecule has 0 heterocycles. The van der Waals surface area contributed by atoms with Crippen LogP contribution in [0.3, 0.4) is 0 Å². The van der Waals surface area contributed by atoms with Gasteiger partial charge in [0.25, 0.3) is 0 Å². The summed E-state index contributed by atoms with van der Waals surface area (Å²) in [6.07, 6.45) is 9.28. The molecule has 0 radical (unpaired) electrons. The maximum Gasteiger partial charge on any atom is 0.00411 e. The van der Waals surface area contributed by atoms with Crippen LogP contribution in [0.25, 0.3) is 11.6 Å². The van der Waals surface area contributed by atoms with Gasteiger partial charge in [0.1, 0.15) is 0 Å². The van der Waals surface area contributed by atoms with E-state index in [4.69, 9.17) is 0 Å². The highest BCUT2D eigenvalue weighted by molar-refractivity contribution is 5.73. The molecule has 0 saturated carbocycles. The molecule has 0 aliphatic carbocycles. The van der Waals surface area contributed by atoms with Gasteiger partial charge >= 0.3 is 0 Å². The van der Waals surface area contributed by atoms with Gasteiger partial charge in [0.15, 0.2) is 0 Å². The summed E-state index contributed by atoms with van der Waals surface area (Å²) >= 11 is 0. The number of rotatable bonds is 6. The Morgan fingerprint density at radius 2 is 1.87 bits per heavy atom. The van der Waals surface area contributed by atoms with E-state index in [2.05, 4.69) is 74.3 Å². The Morgan fingerprint density at radius 1 is 1.13 bits per heavy atom. The Kier molecular flexibility index (Phi) is 5.99. The minimum atomic E-state index is 0.904. The van der Waals surface area contributed by atoms with Crippen molar-refractivity contribution < 1.29 is 0 Å². The molecule has 0 bridgehead atoms. The molecule has 0 aromatic heterocycles. The molecule has 2 rings (SSSR count). The third-order valence-electron chi connectivity index (χ3n) is 3.90. The summed E-state index contributed by atoms with van der Waals surface area (Å²) in [5.41, 5.74) is 7.57. The minimum absolute atomic E-state index is 0.904. The molecule has 0 fully saturated rings. The highest BCUT2D eigenvalue weighted by Gasteiger charge is 2.03. The fourth-order valence-electron chi connectivity index (χ4n) is 2.81. The summed E-state index contributed by atoms with van der Waals surface area (Å²) < 4.78 is 0. The van der Waals surface area contributed by atoms with Crippen molar-refractivity contribution in [2.75, 3.05) is 7.05 Å². The normalized spacial score (nSPS) is 11.7. The summed E-state index contributed by atoms with van der Waals surface area (Å²) in [5.74, 6) is 0. The summed E-state index contributed by atoms with van der Waals surface area (Å²) in [4.78, 5) is 0. The van der Waals surface area contributed by atoms with Crippen molar-refractivity contribution in [3.8, 4) is 0 Å². The Balaban J connectivity index is 2.24. The van der Waals surface area contributed by atoms with E-state index < -0.39 is 0 Å². The van der Waals surface area contributed by atoms with Crippen LogP contribution in [-0.2, 0) is 6.42 Å². The van der Waals surface area contributed by atoms with E-state index in [9.17, 15) is 0 Å². The van der Waals surface area contributed by atoms with Crippen LogP contribution in [0.1, 0.15) is 27.8 Å². The zero-order valence-electron chi connectivity index (χ0n) is 14.3. The van der Waals surface area contributed by atoms with Crippen molar-refractivity contribution in [2.24, 2.45) is 0 Å². The first-order valence-electron chi connectivity index (χ1n) is 7.97. The standard InChI is InChI=1S/C22H25N/c1-5-19-15-17(2)14-18(3)22(19)13-9-12-21(16-23-4)20-10-7-6-8-11-20/h5-12,14-16,23H,1,13H2,2-4H3/b12-9-,21-16+. The fourth-order valence-corrected chi connectivity index (χ4v) is 2.81. The SMILES string of the molecule is C=Cc1cc(C)cc(C)c1C/C=C\C(=C/NC)c1ccccc1. The lowest BCUT2D eigenvalue weighted by Crippen LogP contribution is -1.96. The maximum atomic E-state index is 3.95. The number of nitrogens with one attached hydrogen (secondary N) is 1. The van der Waals surface area contributed by atoms with Crippen molar-refractivity contribution in [1.82, 2.24) is 5.32 Å². The topological polar surface area (TPSA) is 12.0 Å². The predicted molar refractivity (Wildman–Crippen MR) is 102 cm³/mol. The monoisotopic (exact) mass is 303 g/mol. The summed E-state index contributed by atoms with van der Waals surface area (Å²) in [5, 5.41) is 3.13. The number of aryl methyl sites for hydroxylation is 2. The van der Waals surface area contributed by atoms with E-state index in [1.165, 1.54) is 33.4 Å². The first-order valence-corrected chi connectivity index (χ1v) is 7.97. The maximum absolute atomic E-state index is 3.95. The molecule has 0 amide bonds. The number of allylic oxidation sites excluding steroid dienone is 3. The van der Waals surface area contributed by atoms with Crippen LogP contribution in [0.2, 0.25) is 0 Å². The zero-order chi connectivity index (χ0) is 16.7. The summed E-state index contributed by atoms with van der Waals surface area (Å²) in [6, 6.07) is 14.8. The van der Waals surface area contributed by atoms with Crippen molar-refractivity contribution in [3.63, 3.8) is 0 Å². The molecule has 118 valence electrons. The summed E-state index contributed by atoms with van der Waals surface area (Å²) in [7, 11) is 1.93. The van der Waals surface area contributed by atoms with E-state index in [1.807, 2.05) is 25.4 Å². The smallest absolute Gasteiger partial charge is 0.00411 e. The van der Waals surface area contributed by atoms with E-state index in [0.717, 1.165) is 6.42 Å². The van der Waals surface area contributed by atoms with E-state index in [1.54, 1.807) is 0 Å². The average molecular weight is 303 g/mol. The largest absolute Gasteiger partial charge is 0.393 e. The lowest BCUT2D eigenvalue weighted by molar-refractivity contribution is 1.11.